The Balaban J connectivity index is 2.37. The van der Waals surface area contributed by atoms with Crippen molar-refractivity contribution in [2.24, 2.45) is 5.41 Å². The van der Waals surface area contributed by atoms with Gasteiger partial charge in [-0.05, 0) is 29.4 Å². The first-order valence-corrected chi connectivity index (χ1v) is 6.36. The van der Waals surface area contributed by atoms with E-state index in [1.807, 2.05) is 0 Å². The Labute approximate surface area is 100 Å². The molecule has 16 heavy (non-hydrogen) atoms. The summed E-state index contributed by atoms with van der Waals surface area (Å²) in [5.74, 6) is 0. The van der Waals surface area contributed by atoms with Crippen LogP contribution in [0.25, 0.3) is 0 Å². The maximum absolute atomic E-state index is 3.53. The molecular formula is C15H25N. The van der Waals surface area contributed by atoms with Gasteiger partial charge in [0.15, 0.2) is 0 Å². The van der Waals surface area contributed by atoms with E-state index in [1.165, 1.54) is 17.5 Å². The molecule has 0 unspecified atom stereocenters. The van der Waals surface area contributed by atoms with Crippen molar-refractivity contribution in [3.05, 3.63) is 35.4 Å². The number of aryl methyl sites for hydroxylation is 1. The third-order valence-corrected chi connectivity index (χ3v) is 3.32. The summed E-state index contributed by atoms with van der Waals surface area (Å²) in [6, 6.07) is 8.90. The molecule has 0 atom stereocenters. The van der Waals surface area contributed by atoms with E-state index in [2.05, 4.69) is 57.3 Å². The fraction of sp³-hybridized carbons (Fsp3) is 0.600. The maximum atomic E-state index is 3.53. The van der Waals surface area contributed by atoms with Crippen molar-refractivity contribution in [3.8, 4) is 0 Å². The molecule has 1 N–H and O–H groups in total. The van der Waals surface area contributed by atoms with Gasteiger partial charge in [0.25, 0.3) is 0 Å². The van der Waals surface area contributed by atoms with Gasteiger partial charge in [0, 0.05) is 13.1 Å². The van der Waals surface area contributed by atoms with Crippen LogP contribution in [0.15, 0.2) is 24.3 Å². The number of benzene rings is 1. The summed E-state index contributed by atoms with van der Waals surface area (Å²) in [5.41, 5.74) is 3.20. The summed E-state index contributed by atoms with van der Waals surface area (Å²) >= 11 is 0. The first-order valence-electron chi connectivity index (χ1n) is 6.36. The Kier molecular flexibility index (Phi) is 5.01. The molecule has 1 nitrogen and oxygen atoms in total. The van der Waals surface area contributed by atoms with Gasteiger partial charge in [-0.25, -0.2) is 0 Å². The molecule has 0 fully saturated rings. The van der Waals surface area contributed by atoms with E-state index in [1.54, 1.807) is 0 Å². The third-order valence-electron chi connectivity index (χ3n) is 3.32. The third kappa shape index (κ3) is 4.36. The molecule has 0 aliphatic heterocycles. The van der Waals surface area contributed by atoms with Crippen LogP contribution in [0.1, 0.15) is 45.2 Å². The fourth-order valence-electron chi connectivity index (χ4n) is 1.56. The van der Waals surface area contributed by atoms with Crippen LogP contribution >= 0.6 is 0 Å². The number of nitrogens with one attached hydrogen (secondary N) is 1. The second-order valence-electron chi connectivity index (χ2n) is 5.29. The van der Waals surface area contributed by atoms with E-state index in [-0.39, 0.29) is 0 Å². The highest BCUT2D eigenvalue weighted by atomic mass is 14.9. The smallest absolute Gasteiger partial charge is 0.0205 e. The van der Waals surface area contributed by atoms with Gasteiger partial charge in [-0.3, -0.25) is 0 Å². The molecule has 0 spiro atoms. The van der Waals surface area contributed by atoms with Gasteiger partial charge in [0.05, 0.1) is 0 Å². The lowest BCUT2D eigenvalue weighted by Crippen LogP contribution is -2.28. The van der Waals surface area contributed by atoms with E-state index in [4.69, 9.17) is 0 Å². The zero-order chi connectivity index (χ0) is 12.0. The molecule has 0 aliphatic rings. The van der Waals surface area contributed by atoms with E-state index in [0.29, 0.717) is 5.41 Å². The van der Waals surface area contributed by atoms with Gasteiger partial charge >= 0.3 is 0 Å². The Morgan fingerprint density at radius 3 is 2.06 bits per heavy atom. The van der Waals surface area contributed by atoms with Crippen LogP contribution in [0.5, 0.6) is 0 Å². The van der Waals surface area contributed by atoms with Crippen molar-refractivity contribution >= 4 is 0 Å². The lowest BCUT2D eigenvalue weighted by atomic mass is 9.90. The molecule has 1 rings (SSSR count). The van der Waals surface area contributed by atoms with Gasteiger partial charge in [0.1, 0.15) is 0 Å². The minimum Gasteiger partial charge on any atom is -0.312 e. The Hall–Kier alpha value is -0.820. The average molecular weight is 219 g/mol. The predicted octanol–water partition coefficient (Wildman–Crippen LogP) is 3.77. The largest absolute Gasteiger partial charge is 0.312 e. The fourth-order valence-corrected chi connectivity index (χ4v) is 1.56. The number of hydrogen-bond acceptors (Lipinski definition) is 1. The Bertz CT molecular complexity index is 298. The zero-order valence-corrected chi connectivity index (χ0v) is 11.1. The Morgan fingerprint density at radius 1 is 1.00 bits per heavy atom. The predicted molar refractivity (Wildman–Crippen MR) is 71.6 cm³/mol. The van der Waals surface area contributed by atoms with Crippen LogP contribution in [0.2, 0.25) is 0 Å². The molecule has 0 heterocycles. The minimum absolute atomic E-state index is 0.406. The maximum Gasteiger partial charge on any atom is 0.0205 e. The van der Waals surface area contributed by atoms with Crippen molar-refractivity contribution in [1.82, 2.24) is 5.32 Å². The van der Waals surface area contributed by atoms with Crippen molar-refractivity contribution < 1.29 is 0 Å². The van der Waals surface area contributed by atoms with Crippen molar-refractivity contribution in [2.45, 2.75) is 47.1 Å². The average Bonchev–Trinajstić information content (AvgIpc) is 2.30. The van der Waals surface area contributed by atoms with Crippen LogP contribution in [0, 0.1) is 5.41 Å². The second-order valence-corrected chi connectivity index (χ2v) is 5.29. The van der Waals surface area contributed by atoms with Gasteiger partial charge in [-0.1, -0.05) is 52.0 Å². The highest BCUT2D eigenvalue weighted by Crippen LogP contribution is 2.17. The van der Waals surface area contributed by atoms with Crippen molar-refractivity contribution in [3.63, 3.8) is 0 Å². The van der Waals surface area contributed by atoms with Crippen LogP contribution in [-0.4, -0.2) is 6.54 Å². The van der Waals surface area contributed by atoms with Gasteiger partial charge < -0.3 is 5.32 Å². The van der Waals surface area contributed by atoms with E-state index in [9.17, 15) is 0 Å². The monoisotopic (exact) mass is 219 g/mol. The van der Waals surface area contributed by atoms with Gasteiger partial charge in [-0.2, -0.15) is 0 Å². The lowest BCUT2D eigenvalue weighted by Gasteiger charge is -2.23. The highest BCUT2D eigenvalue weighted by molar-refractivity contribution is 5.22. The number of hydrogen-bond donors (Lipinski definition) is 1. The molecule has 0 bridgehead atoms. The van der Waals surface area contributed by atoms with Crippen LogP contribution < -0.4 is 5.32 Å². The summed E-state index contributed by atoms with van der Waals surface area (Å²) in [6.45, 7) is 11.1. The van der Waals surface area contributed by atoms with Crippen LogP contribution in [0.3, 0.4) is 0 Å². The van der Waals surface area contributed by atoms with Gasteiger partial charge in [-0.15, -0.1) is 0 Å². The summed E-state index contributed by atoms with van der Waals surface area (Å²) in [5, 5.41) is 3.53. The van der Waals surface area contributed by atoms with Crippen LogP contribution in [0.4, 0.5) is 0 Å². The van der Waals surface area contributed by atoms with E-state index >= 15 is 0 Å². The van der Waals surface area contributed by atoms with Crippen molar-refractivity contribution in [1.29, 1.82) is 0 Å². The molecule has 90 valence electrons. The molecule has 0 aliphatic carbocycles. The quantitative estimate of drug-likeness (QED) is 0.768. The molecule has 1 aromatic carbocycles. The first kappa shape index (κ1) is 13.2. The molecule has 0 aromatic heterocycles. The normalized spacial score (nSPS) is 11.8. The molecule has 0 amide bonds. The SMILES string of the molecule is CCc1ccc(CNCC(C)(C)CC)cc1. The van der Waals surface area contributed by atoms with Crippen molar-refractivity contribution in [2.75, 3.05) is 6.54 Å². The van der Waals surface area contributed by atoms with Crippen LogP contribution in [-0.2, 0) is 13.0 Å². The van der Waals surface area contributed by atoms with E-state index in [0.717, 1.165) is 19.5 Å². The number of rotatable bonds is 6. The first-order chi connectivity index (χ1) is 7.57. The highest BCUT2D eigenvalue weighted by Gasteiger charge is 2.13. The summed E-state index contributed by atoms with van der Waals surface area (Å²) < 4.78 is 0. The summed E-state index contributed by atoms with van der Waals surface area (Å²) in [4.78, 5) is 0. The standard InChI is InChI=1S/C15H25N/c1-5-13-7-9-14(10-8-13)11-16-12-15(3,4)6-2/h7-10,16H,5-6,11-12H2,1-4H3. The lowest BCUT2D eigenvalue weighted by molar-refractivity contribution is 0.327. The van der Waals surface area contributed by atoms with E-state index < -0.39 is 0 Å². The zero-order valence-electron chi connectivity index (χ0n) is 11.1. The second kappa shape index (κ2) is 6.05. The molecule has 0 saturated heterocycles. The minimum atomic E-state index is 0.406. The van der Waals surface area contributed by atoms with Gasteiger partial charge in [0.2, 0.25) is 0 Å². The summed E-state index contributed by atoms with van der Waals surface area (Å²) in [7, 11) is 0. The molecule has 0 saturated carbocycles. The molecule has 1 aromatic rings. The summed E-state index contributed by atoms with van der Waals surface area (Å²) in [6.07, 6.45) is 2.34. The topological polar surface area (TPSA) is 12.0 Å². The Morgan fingerprint density at radius 2 is 1.56 bits per heavy atom. The molecule has 0 radical (unpaired) electrons. The molecular weight excluding hydrogens is 194 g/mol. The molecule has 1 heteroatoms.